The Morgan fingerprint density at radius 1 is 1.37 bits per heavy atom. The van der Waals surface area contributed by atoms with Crippen LogP contribution in [0.5, 0.6) is 0 Å². The van der Waals surface area contributed by atoms with E-state index in [0.29, 0.717) is 11.1 Å². The second kappa shape index (κ2) is 5.17. The number of nitrogens with zero attached hydrogens (tertiary/aromatic N) is 1. The summed E-state index contributed by atoms with van der Waals surface area (Å²) < 4.78 is 31.3. The van der Waals surface area contributed by atoms with Gasteiger partial charge in [0.25, 0.3) is 0 Å². The molecule has 0 bridgehead atoms. The molecule has 1 N–H and O–H groups in total. The Balaban J connectivity index is 2.68. The summed E-state index contributed by atoms with van der Waals surface area (Å²) in [4.78, 5) is 15.7. The fraction of sp³-hybridized carbons (Fsp3) is 0.231. The van der Waals surface area contributed by atoms with E-state index in [1.807, 2.05) is 0 Å². The third kappa shape index (κ3) is 2.33. The SMILES string of the molecule is CCOC(=O)c1cnc2cc(F)c(F)cc2c1NC. The largest absolute Gasteiger partial charge is 0.462 e. The normalized spacial score (nSPS) is 10.5. The number of carbonyl (C=O) groups excluding carboxylic acids is 1. The molecule has 2 aromatic rings. The molecule has 2 rings (SSSR count). The average Bonchev–Trinajstić information content (AvgIpc) is 2.39. The van der Waals surface area contributed by atoms with Crippen LogP contribution in [0.3, 0.4) is 0 Å². The van der Waals surface area contributed by atoms with E-state index >= 15 is 0 Å². The lowest BCUT2D eigenvalue weighted by molar-refractivity contribution is 0.0527. The fourth-order valence-electron chi connectivity index (χ4n) is 1.82. The van der Waals surface area contributed by atoms with Crippen LogP contribution in [-0.4, -0.2) is 24.6 Å². The van der Waals surface area contributed by atoms with Crippen LogP contribution >= 0.6 is 0 Å². The van der Waals surface area contributed by atoms with E-state index < -0.39 is 17.6 Å². The quantitative estimate of drug-likeness (QED) is 0.868. The molecule has 0 spiro atoms. The zero-order valence-corrected chi connectivity index (χ0v) is 10.5. The monoisotopic (exact) mass is 266 g/mol. The average molecular weight is 266 g/mol. The summed E-state index contributed by atoms with van der Waals surface area (Å²) in [5.74, 6) is -2.54. The topological polar surface area (TPSA) is 51.2 Å². The molecule has 0 saturated heterocycles. The van der Waals surface area contributed by atoms with Gasteiger partial charge in [0.05, 0.1) is 17.8 Å². The predicted molar refractivity (Wildman–Crippen MR) is 67.2 cm³/mol. The fourth-order valence-corrected chi connectivity index (χ4v) is 1.82. The first kappa shape index (κ1) is 13.2. The predicted octanol–water partition coefficient (Wildman–Crippen LogP) is 2.73. The van der Waals surface area contributed by atoms with E-state index in [0.717, 1.165) is 12.1 Å². The Labute approximate surface area is 108 Å². The van der Waals surface area contributed by atoms with Gasteiger partial charge in [-0.05, 0) is 13.0 Å². The summed E-state index contributed by atoms with van der Waals surface area (Å²) in [6.07, 6.45) is 1.28. The van der Waals surface area contributed by atoms with Crippen molar-refractivity contribution in [2.24, 2.45) is 0 Å². The van der Waals surface area contributed by atoms with Crippen LogP contribution in [-0.2, 0) is 4.74 Å². The molecule has 0 aliphatic heterocycles. The number of aromatic nitrogens is 1. The van der Waals surface area contributed by atoms with E-state index in [4.69, 9.17) is 4.74 Å². The van der Waals surface area contributed by atoms with E-state index in [2.05, 4.69) is 10.3 Å². The number of benzene rings is 1. The Morgan fingerprint density at radius 2 is 2.05 bits per heavy atom. The van der Waals surface area contributed by atoms with Gasteiger partial charge in [0, 0.05) is 24.7 Å². The van der Waals surface area contributed by atoms with Crippen molar-refractivity contribution in [1.82, 2.24) is 4.98 Å². The van der Waals surface area contributed by atoms with Gasteiger partial charge in [-0.2, -0.15) is 0 Å². The number of halogens is 2. The number of hydrogen-bond donors (Lipinski definition) is 1. The summed E-state index contributed by atoms with van der Waals surface area (Å²) in [5.41, 5.74) is 0.807. The number of carbonyl (C=O) groups is 1. The molecule has 1 heterocycles. The molecular formula is C13H12F2N2O2. The molecule has 0 radical (unpaired) electrons. The zero-order valence-electron chi connectivity index (χ0n) is 10.5. The van der Waals surface area contributed by atoms with E-state index in [1.165, 1.54) is 6.20 Å². The number of anilines is 1. The molecule has 0 unspecified atom stereocenters. The van der Waals surface area contributed by atoms with Crippen molar-refractivity contribution in [2.75, 3.05) is 19.0 Å². The molecule has 6 heteroatoms. The Kier molecular flexibility index (Phi) is 3.59. The highest BCUT2D eigenvalue weighted by molar-refractivity contribution is 6.04. The highest BCUT2D eigenvalue weighted by Gasteiger charge is 2.17. The van der Waals surface area contributed by atoms with Gasteiger partial charge in [-0.15, -0.1) is 0 Å². The molecule has 0 saturated carbocycles. The van der Waals surface area contributed by atoms with Crippen LogP contribution in [0.25, 0.3) is 10.9 Å². The first-order valence-corrected chi connectivity index (χ1v) is 5.71. The van der Waals surface area contributed by atoms with Gasteiger partial charge in [-0.25, -0.2) is 13.6 Å². The molecule has 0 aliphatic carbocycles. The van der Waals surface area contributed by atoms with Gasteiger partial charge in [-0.1, -0.05) is 0 Å². The summed E-state index contributed by atoms with van der Waals surface area (Å²) in [5, 5.41) is 3.12. The van der Waals surface area contributed by atoms with Gasteiger partial charge < -0.3 is 10.1 Å². The standard InChI is InChI=1S/C13H12F2N2O2/c1-3-19-13(18)8-6-17-11-5-10(15)9(14)4-7(11)12(8)16-2/h4-6H,3H2,1-2H3,(H,16,17). The van der Waals surface area contributed by atoms with Crippen LogP contribution in [0.2, 0.25) is 0 Å². The summed E-state index contributed by atoms with van der Waals surface area (Å²) >= 11 is 0. The minimum Gasteiger partial charge on any atom is -0.462 e. The van der Waals surface area contributed by atoms with Crippen LogP contribution in [0.4, 0.5) is 14.5 Å². The first-order chi connectivity index (χ1) is 9.08. The minimum atomic E-state index is -0.994. The van der Waals surface area contributed by atoms with Crippen LogP contribution in [0.1, 0.15) is 17.3 Å². The molecule has 4 nitrogen and oxygen atoms in total. The molecule has 1 aromatic carbocycles. The summed E-state index contributed by atoms with van der Waals surface area (Å²) in [6.45, 7) is 1.90. The first-order valence-electron chi connectivity index (χ1n) is 5.71. The lowest BCUT2D eigenvalue weighted by Gasteiger charge is -2.11. The number of esters is 1. The highest BCUT2D eigenvalue weighted by Crippen LogP contribution is 2.28. The van der Waals surface area contributed by atoms with Crippen LogP contribution in [0.15, 0.2) is 18.3 Å². The molecule has 0 amide bonds. The van der Waals surface area contributed by atoms with Crippen molar-refractivity contribution in [2.45, 2.75) is 6.92 Å². The van der Waals surface area contributed by atoms with Crippen molar-refractivity contribution in [3.8, 4) is 0 Å². The Hall–Kier alpha value is -2.24. The lowest BCUT2D eigenvalue weighted by atomic mass is 10.1. The molecule has 19 heavy (non-hydrogen) atoms. The summed E-state index contributed by atoms with van der Waals surface area (Å²) in [7, 11) is 1.58. The van der Waals surface area contributed by atoms with Crippen LogP contribution in [0, 0.1) is 11.6 Å². The maximum atomic E-state index is 13.3. The molecule has 0 aliphatic rings. The summed E-state index contributed by atoms with van der Waals surface area (Å²) in [6, 6.07) is 1.99. The van der Waals surface area contributed by atoms with Gasteiger partial charge in [-0.3, -0.25) is 4.98 Å². The second-order valence-corrected chi connectivity index (χ2v) is 3.80. The third-order valence-electron chi connectivity index (χ3n) is 2.66. The van der Waals surface area contributed by atoms with Gasteiger partial charge in [0.15, 0.2) is 11.6 Å². The van der Waals surface area contributed by atoms with Crippen LogP contribution < -0.4 is 5.32 Å². The molecule has 0 atom stereocenters. The molecule has 0 fully saturated rings. The minimum absolute atomic E-state index is 0.183. The Morgan fingerprint density at radius 3 is 2.68 bits per heavy atom. The molecule has 1 aromatic heterocycles. The highest BCUT2D eigenvalue weighted by atomic mass is 19.2. The zero-order chi connectivity index (χ0) is 14.0. The van der Waals surface area contributed by atoms with E-state index in [1.54, 1.807) is 14.0 Å². The maximum absolute atomic E-state index is 13.3. The lowest BCUT2D eigenvalue weighted by Crippen LogP contribution is -2.09. The third-order valence-corrected chi connectivity index (χ3v) is 2.66. The van der Waals surface area contributed by atoms with Crippen molar-refractivity contribution >= 4 is 22.6 Å². The van der Waals surface area contributed by atoms with Crippen molar-refractivity contribution in [3.63, 3.8) is 0 Å². The number of fused-ring (bicyclic) bond motifs is 1. The van der Waals surface area contributed by atoms with Crippen molar-refractivity contribution in [3.05, 3.63) is 35.5 Å². The number of ether oxygens (including phenoxy) is 1. The number of rotatable bonds is 3. The maximum Gasteiger partial charge on any atom is 0.341 e. The molecule has 100 valence electrons. The molecular weight excluding hydrogens is 254 g/mol. The van der Waals surface area contributed by atoms with E-state index in [-0.39, 0.29) is 17.7 Å². The van der Waals surface area contributed by atoms with Gasteiger partial charge >= 0.3 is 5.97 Å². The van der Waals surface area contributed by atoms with Gasteiger partial charge in [0.2, 0.25) is 0 Å². The van der Waals surface area contributed by atoms with Crippen molar-refractivity contribution in [1.29, 1.82) is 0 Å². The second-order valence-electron chi connectivity index (χ2n) is 3.80. The van der Waals surface area contributed by atoms with Crippen molar-refractivity contribution < 1.29 is 18.3 Å². The van der Waals surface area contributed by atoms with Gasteiger partial charge in [0.1, 0.15) is 5.56 Å². The number of hydrogen-bond acceptors (Lipinski definition) is 4. The smallest absolute Gasteiger partial charge is 0.341 e. The van der Waals surface area contributed by atoms with E-state index in [9.17, 15) is 13.6 Å². The Bertz CT molecular complexity index is 644. The number of pyridine rings is 1. The number of nitrogens with one attached hydrogen (secondary N) is 1.